The van der Waals surface area contributed by atoms with Gasteiger partial charge < -0.3 is 25.3 Å². The van der Waals surface area contributed by atoms with E-state index in [0.717, 1.165) is 32.2 Å². The highest BCUT2D eigenvalue weighted by molar-refractivity contribution is 5.96. The summed E-state index contributed by atoms with van der Waals surface area (Å²) < 4.78 is 32.4. The largest absolute Gasteiger partial charge is 0.433 e. The Hall–Kier alpha value is -3.69. The average molecular weight is 518 g/mol. The summed E-state index contributed by atoms with van der Waals surface area (Å²) in [5.74, 6) is -0.164. The first-order valence-corrected chi connectivity index (χ1v) is 12.5. The highest BCUT2D eigenvalue weighted by atomic mass is 19.3. The van der Waals surface area contributed by atoms with Crippen molar-refractivity contribution in [2.24, 2.45) is 0 Å². The summed E-state index contributed by atoms with van der Waals surface area (Å²) in [6.07, 6.45) is 8.02. The van der Waals surface area contributed by atoms with Crippen molar-refractivity contribution < 1.29 is 23.1 Å². The van der Waals surface area contributed by atoms with Gasteiger partial charge in [0.05, 0.1) is 6.33 Å². The van der Waals surface area contributed by atoms with Gasteiger partial charge in [-0.25, -0.2) is 9.78 Å². The summed E-state index contributed by atoms with van der Waals surface area (Å²) in [6, 6.07) is 5.10. The predicted molar refractivity (Wildman–Crippen MR) is 140 cm³/mol. The number of aromatic nitrogens is 2. The number of nitrogens with zero attached hydrogens (tertiary/aromatic N) is 2. The van der Waals surface area contributed by atoms with Crippen molar-refractivity contribution in [2.45, 2.75) is 72.5 Å². The van der Waals surface area contributed by atoms with Gasteiger partial charge in [-0.2, -0.15) is 8.78 Å². The SMILES string of the molecule is C/C=C(NC(=O)Nc1ccc(OC(C)(F)F)cc1)\C(C)=C(/CCCCC)C(=O)NCCCn1ccnc1. The number of carbonyl (C=O) groups is 2. The Morgan fingerprint density at radius 1 is 1.16 bits per heavy atom. The van der Waals surface area contributed by atoms with Crippen molar-refractivity contribution in [2.75, 3.05) is 11.9 Å². The molecule has 0 saturated carbocycles. The maximum absolute atomic E-state index is 13.1. The Bertz CT molecular complexity index is 1060. The van der Waals surface area contributed by atoms with E-state index in [9.17, 15) is 18.4 Å². The molecule has 0 spiro atoms. The summed E-state index contributed by atoms with van der Waals surface area (Å²) in [7, 11) is 0. The number of allylic oxidation sites excluding steroid dienone is 2. The van der Waals surface area contributed by atoms with E-state index in [1.165, 1.54) is 24.3 Å². The fourth-order valence-electron chi connectivity index (χ4n) is 3.66. The van der Waals surface area contributed by atoms with Gasteiger partial charge in [0.1, 0.15) is 5.75 Å². The third kappa shape index (κ3) is 10.8. The molecule has 2 rings (SSSR count). The van der Waals surface area contributed by atoms with Gasteiger partial charge in [-0.1, -0.05) is 25.8 Å². The lowest BCUT2D eigenvalue weighted by atomic mass is 9.99. The molecule has 0 atom stereocenters. The van der Waals surface area contributed by atoms with Crippen LogP contribution in [0.2, 0.25) is 0 Å². The number of halogens is 2. The molecule has 3 N–H and O–H groups in total. The molecule has 0 radical (unpaired) electrons. The van der Waals surface area contributed by atoms with Crippen LogP contribution < -0.4 is 20.7 Å². The zero-order valence-corrected chi connectivity index (χ0v) is 21.9. The molecular weight excluding hydrogens is 480 g/mol. The number of hydrogen-bond donors (Lipinski definition) is 3. The monoisotopic (exact) mass is 517 g/mol. The number of hydrogen-bond acceptors (Lipinski definition) is 4. The Balaban J connectivity index is 2.03. The molecule has 0 unspecified atom stereocenters. The molecule has 3 amide bonds. The van der Waals surface area contributed by atoms with Crippen molar-refractivity contribution >= 4 is 17.6 Å². The van der Waals surface area contributed by atoms with Crippen LogP contribution in [-0.4, -0.2) is 34.1 Å². The summed E-state index contributed by atoms with van der Waals surface area (Å²) in [5, 5.41) is 8.45. The average Bonchev–Trinajstić information content (AvgIpc) is 3.36. The molecule has 1 aromatic carbocycles. The minimum absolute atomic E-state index is 0.0147. The van der Waals surface area contributed by atoms with E-state index in [-0.39, 0.29) is 11.7 Å². The van der Waals surface area contributed by atoms with Crippen LogP contribution in [0, 0.1) is 0 Å². The van der Waals surface area contributed by atoms with Crippen LogP contribution in [0.1, 0.15) is 59.8 Å². The van der Waals surface area contributed by atoms with E-state index in [1.54, 1.807) is 25.5 Å². The van der Waals surface area contributed by atoms with Crippen molar-refractivity contribution in [3.63, 3.8) is 0 Å². The molecule has 202 valence electrons. The van der Waals surface area contributed by atoms with Crippen molar-refractivity contribution in [3.05, 3.63) is 65.9 Å². The normalized spacial score (nSPS) is 12.5. The lowest BCUT2D eigenvalue weighted by molar-refractivity contribution is -0.158. The van der Waals surface area contributed by atoms with Crippen LogP contribution in [-0.2, 0) is 11.3 Å². The highest BCUT2D eigenvalue weighted by Crippen LogP contribution is 2.23. The number of rotatable bonds is 14. The van der Waals surface area contributed by atoms with Gasteiger partial charge in [0.15, 0.2) is 0 Å². The fourth-order valence-corrected chi connectivity index (χ4v) is 3.66. The van der Waals surface area contributed by atoms with Gasteiger partial charge in [0.25, 0.3) is 0 Å². The molecule has 8 nitrogen and oxygen atoms in total. The Morgan fingerprint density at radius 3 is 2.49 bits per heavy atom. The number of unbranched alkanes of at least 4 members (excludes halogenated alkanes) is 2. The Kier molecular flexibility index (Phi) is 11.8. The van der Waals surface area contributed by atoms with Crippen LogP contribution >= 0.6 is 0 Å². The molecule has 0 aliphatic heterocycles. The van der Waals surface area contributed by atoms with Crippen LogP contribution in [0.3, 0.4) is 0 Å². The summed E-state index contributed by atoms with van der Waals surface area (Å²) in [4.78, 5) is 29.7. The van der Waals surface area contributed by atoms with Crippen LogP contribution in [0.4, 0.5) is 19.3 Å². The number of anilines is 1. The molecule has 0 bridgehead atoms. The van der Waals surface area contributed by atoms with E-state index in [2.05, 4.69) is 32.6 Å². The van der Waals surface area contributed by atoms with E-state index in [1.807, 2.05) is 17.7 Å². The van der Waals surface area contributed by atoms with Gasteiger partial charge in [0, 0.05) is 49.4 Å². The second-order valence-electron chi connectivity index (χ2n) is 8.69. The third-order valence-electron chi connectivity index (χ3n) is 5.55. The van der Waals surface area contributed by atoms with Crippen molar-refractivity contribution in [1.29, 1.82) is 0 Å². The maximum atomic E-state index is 13.1. The van der Waals surface area contributed by atoms with Gasteiger partial charge in [-0.3, -0.25) is 4.79 Å². The van der Waals surface area contributed by atoms with Crippen molar-refractivity contribution in [1.82, 2.24) is 20.2 Å². The molecule has 10 heteroatoms. The number of nitrogens with one attached hydrogen (secondary N) is 3. The maximum Gasteiger partial charge on any atom is 0.394 e. The second kappa shape index (κ2) is 14.8. The number of urea groups is 1. The number of imidazole rings is 1. The zero-order valence-electron chi connectivity index (χ0n) is 21.9. The number of ether oxygens (including phenoxy) is 1. The van der Waals surface area contributed by atoms with Gasteiger partial charge in [-0.05, 0) is 62.9 Å². The quantitative estimate of drug-likeness (QED) is 0.163. The number of carbonyl (C=O) groups excluding carboxylic acids is 2. The molecule has 0 saturated heterocycles. The molecule has 1 aromatic heterocycles. The Labute approximate surface area is 217 Å². The topological polar surface area (TPSA) is 97.3 Å². The fraction of sp³-hybridized carbons (Fsp3) is 0.444. The van der Waals surface area contributed by atoms with Crippen molar-refractivity contribution in [3.8, 4) is 5.75 Å². The molecule has 2 aromatic rings. The minimum atomic E-state index is -3.29. The zero-order chi connectivity index (χ0) is 27.3. The van der Waals surface area contributed by atoms with E-state index >= 15 is 0 Å². The predicted octanol–water partition coefficient (Wildman–Crippen LogP) is 6.00. The number of benzene rings is 1. The van der Waals surface area contributed by atoms with Crippen LogP contribution in [0.15, 0.2) is 65.9 Å². The van der Waals surface area contributed by atoms with E-state index in [0.29, 0.717) is 42.4 Å². The lowest BCUT2D eigenvalue weighted by Crippen LogP contribution is -2.31. The molecule has 0 aliphatic rings. The van der Waals surface area contributed by atoms with Gasteiger partial charge in [0.2, 0.25) is 5.91 Å². The summed E-state index contributed by atoms with van der Waals surface area (Å²) in [5.41, 5.74) is 2.24. The van der Waals surface area contributed by atoms with E-state index < -0.39 is 12.1 Å². The molecule has 1 heterocycles. The second-order valence-corrected chi connectivity index (χ2v) is 8.69. The van der Waals surface area contributed by atoms with Gasteiger partial charge in [-0.15, -0.1) is 0 Å². The number of amides is 3. The third-order valence-corrected chi connectivity index (χ3v) is 5.55. The minimum Gasteiger partial charge on any atom is -0.433 e. The lowest BCUT2D eigenvalue weighted by Gasteiger charge is -2.17. The molecule has 0 fully saturated rings. The van der Waals surface area contributed by atoms with Crippen LogP contribution in [0.25, 0.3) is 0 Å². The molecular formula is C27H37F2N5O3. The number of aryl methyl sites for hydroxylation is 1. The van der Waals surface area contributed by atoms with Gasteiger partial charge >= 0.3 is 12.1 Å². The summed E-state index contributed by atoms with van der Waals surface area (Å²) >= 11 is 0. The highest BCUT2D eigenvalue weighted by Gasteiger charge is 2.23. The Morgan fingerprint density at radius 2 is 1.89 bits per heavy atom. The number of alkyl halides is 2. The van der Waals surface area contributed by atoms with E-state index in [4.69, 9.17) is 0 Å². The first kappa shape index (κ1) is 29.5. The first-order chi connectivity index (χ1) is 17.6. The smallest absolute Gasteiger partial charge is 0.394 e. The first-order valence-electron chi connectivity index (χ1n) is 12.5. The van der Waals surface area contributed by atoms with Crippen LogP contribution in [0.5, 0.6) is 5.75 Å². The standard InChI is InChI=1S/C27H37F2N5O3/c1-5-7-8-10-23(25(35)31-15-9-17-34-18-16-30-19-34)20(3)24(6-2)33-26(36)32-21-11-13-22(14-12-21)37-27(4,28)29/h6,11-14,16,18-19H,5,7-10,15,17H2,1-4H3,(H,31,35)(H2,32,33,36)/b23-20+,24-6+. The molecule has 0 aliphatic carbocycles. The summed E-state index contributed by atoms with van der Waals surface area (Å²) in [6.45, 7) is 7.62. The molecule has 37 heavy (non-hydrogen) atoms.